The van der Waals surface area contributed by atoms with Crippen LogP contribution in [0.5, 0.6) is 5.75 Å². The molecule has 0 radical (unpaired) electrons. The first kappa shape index (κ1) is 14.3. The Morgan fingerprint density at radius 3 is 2.23 bits per heavy atom. The molecule has 0 N–H and O–H groups in total. The topological polar surface area (TPSA) is 52.6 Å². The molecule has 1 aliphatic heterocycles. The van der Waals surface area contributed by atoms with Crippen LogP contribution < -0.4 is 4.74 Å². The smallest absolute Gasteiger partial charge is 0.314 e. The van der Waals surface area contributed by atoms with E-state index in [-0.39, 0.29) is 25.2 Å². The normalized spacial score (nSPS) is 21.3. The molecule has 1 aliphatic rings. The molecular weight excluding hydrogens is 280 g/mol. The highest BCUT2D eigenvalue weighted by Crippen LogP contribution is 2.35. The Morgan fingerprint density at radius 2 is 1.59 bits per heavy atom. The maximum atomic E-state index is 11.9. The minimum atomic E-state index is -1.05. The van der Waals surface area contributed by atoms with E-state index in [1.54, 1.807) is 0 Å². The van der Waals surface area contributed by atoms with Gasteiger partial charge in [0.2, 0.25) is 0 Å². The molecule has 0 spiro atoms. The lowest BCUT2D eigenvalue weighted by Gasteiger charge is -2.36. The highest BCUT2D eigenvalue weighted by Gasteiger charge is 2.43. The van der Waals surface area contributed by atoms with Crippen molar-refractivity contribution in [3.63, 3.8) is 0 Å². The summed E-state index contributed by atoms with van der Waals surface area (Å²) < 4.78 is 11.3. The minimum Gasteiger partial charge on any atom is -0.489 e. The van der Waals surface area contributed by atoms with E-state index in [0.717, 1.165) is 5.56 Å². The Balaban J connectivity index is 1.89. The summed E-state index contributed by atoms with van der Waals surface area (Å²) in [4.78, 5) is 23.7. The van der Waals surface area contributed by atoms with Crippen molar-refractivity contribution >= 4 is 11.8 Å². The van der Waals surface area contributed by atoms with Gasteiger partial charge in [-0.05, 0) is 17.7 Å². The van der Waals surface area contributed by atoms with E-state index >= 15 is 0 Å². The first-order valence-electron chi connectivity index (χ1n) is 7.15. The zero-order valence-electron chi connectivity index (χ0n) is 12.0. The van der Waals surface area contributed by atoms with Gasteiger partial charge in [-0.25, -0.2) is 0 Å². The van der Waals surface area contributed by atoms with Gasteiger partial charge in [-0.15, -0.1) is 0 Å². The van der Waals surface area contributed by atoms with Crippen LogP contribution in [0.2, 0.25) is 0 Å². The lowest BCUT2D eigenvalue weighted by molar-refractivity contribution is -0.175. The molecule has 4 nitrogen and oxygen atoms in total. The molecule has 112 valence electrons. The van der Waals surface area contributed by atoms with Crippen molar-refractivity contribution in [2.75, 3.05) is 6.61 Å². The summed E-state index contributed by atoms with van der Waals surface area (Å²) in [5, 5.41) is 0. The summed E-state index contributed by atoms with van der Waals surface area (Å²) in [6.45, 7) is 0.110. The molecule has 1 fully saturated rings. The lowest BCUT2D eigenvalue weighted by Crippen LogP contribution is -2.44. The first-order chi connectivity index (χ1) is 10.7. The fourth-order valence-corrected chi connectivity index (χ4v) is 2.62. The van der Waals surface area contributed by atoms with Crippen LogP contribution in [-0.2, 0) is 19.9 Å². The van der Waals surface area contributed by atoms with E-state index in [4.69, 9.17) is 9.47 Å². The van der Waals surface area contributed by atoms with Crippen molar-refractivity contribution in [3.05, 3.63) is 66.2 Å². The van der Waals surface area contributed by atoms with Crippen LogP contribution in [0.3, 0.4) is 0 Å². The van der Waals surface area contributed by atoms with E-state index in [9.17, 15) is 9.59 Å². The molecule has 4 heteroatoms. The van der Waals surface area contributed by atoms with Gasteiger partial charge < -0.3 is 9.47 Å². The molecule has 22 heavy (non-hydrogen) atoms. The van der Waals surface area contributed by atoms with Crippen molar-refractivity contribution in [1.29, 1.82) is 0 Å². The average Bonchev–Trinajstić information content (AvgIpc) is 2.54. The second-order valence-corrected chi connectivity index (χ2v) is 5.33. The molecule has 0 aliphatic carbocycles. The van der Waals surface area contributed by atoms with Crippen LogP contribution in [0.15, 0.2) is 60.7 Å². The van der Waals surface area contributed by atoms with E-state index in [0.29, 0.717) is 5.75 Å². The number of ether oxygens (including phenoxy) is 2. The number of hydrogen-bond acceptors (Lipinski definition) is 4. The van der Waals surface area contributed by atoms with Crippen molar-refractivity contribution in [1.82, 2.24) is 0 Å². The number of Topliss-reactive ketones (excluding diaryl/α,β-unsaturated/α-hetero) is 1. The Hall–Kier alpha value is -2.62. The molecule has 0 saturated carbocycles. The second-order valence-electron chi connectivity index (χ2n) is 5.33. The predicted molar refractivity (Wildman–Crippen MR) is 80.4 cm³/mol. The van der Waals surface area contributed by atoms with Crippen molar-refractivity contribution < 1.29 is 19.1 Å². The van der Waals surface area contributed by atoms with Gasteiger partial charge in [0.25, 0.3) is 0 Å². The first-order valence-corrected chi connectivity index (χ1v) is 7.15. The summed E-state index contributed by atoms with van der Waals surface area (Å²) in [5.41, 5.74) is -0.281. The van der Waals surface area contributed by atoms with Crippen molar-refractivity contribution in [3.8, 4) is 5.75 Å². The van der Waals surface area contributed by atoms with Gasteiger partial charge in [0.05, 0.1) is 6.42 Å². The van der Waals surface area contributed by atoms with Gasteiger partial charge in [0, 0.05) is 0 Å². The zero-order valence-corrected chi connectivity index (χ0v) is 12.0. The third-order valence-electron chi connectivity index (χ3n) is 3.65. The van der Waals surface area contributed by atoms with Gasteiger partial charge in [-0.3, -0.25) is 9.59 Å². The van der Waals surface area contributed by atoms with Crippen LogP contribution >= 0.6 is 0 Å². The lowest BCUT2D eigenvalue weighted by atomic mass is 9.86. The maximum absolute atomic E-state index is 11.9. The zero-order chi connectivity index (χ0) is 15.4. The third-order valence-corrected chi connectivity index (χ3v) is 3.65. The molecule has 1 saturated heterocycles. The number of carbonyl (C=O) groups excluding carboxylic acids is 2. The Labute approximate surface area is 128 Å². The molecule has 3 rings (SSSR count). The van der Waals surface area contributed by atoms with E-state index in [2.05, 4.69) is 0 Å². The summed E-state index contributed by atoms with van der Waals surface area (Å²) in [5.74, 6) is 0.0420. The summed E-state index contributed by atoms with van der Waals surface area (Å²) >= 11 is 0. The number of benzene rings is 2. The number of rotatable bonds is 4. The monoisotopic (exact) mass is 296 g/mol. The molecule has 1 heterocycles. The predicted octanol–water partition coefficient (Wildman–Crippen LogP) is 2.87. The summed E-state index contributed by atoms with van der Waals surface area (Å²) in [6.07, 6.45) is -0.0322. The summed E-state index contributed by atoms with van der Waals surface area (Å²) in [7, 11) is 0. The van der Waals surface area contributed by atoms with Crippen molar-refractivity contribution in [2.45, 2.75) is 18.4 Å². The molecule has 0 aromatic heterocycles. The van der Waals surface area contributed by atoms with Crippen LogP contribution in [0.4, 0.5) is 0 Å². The fourth-order valence-electron chi connectivity index (χ4n) is 2.62. The Kier molecular flexibility index (Phi) is 3.92. The number of cyclic esters (lactones) is 1. The fraction of sp³-hybridized carbons (Fsp3) is 0.222. The van der Waals surface area contributed by atoms with Gasteiger partial charge in [-0.2, -0.15) is 0 Å². The number of hydrogen-bond donors (Lipinski definition) is 0. The number of esters is 1. The van der Waals surface area contributed by atoms with Gasteiger partial charge in [0.1, 0.15) is 24.6 Å². The molecule has 2 aromatic carbocycles. The summed E-state index contributed by atoms with van der Waals surface area (Å²) in [6, 6.07) is 18.5. The van der Waals surface area contributed by atoms with E-state index < -0.39 is 11.6 Å². The highest BCUT2D eigenvalue weighted by molar-refractivity contribution is 5.98. The average molecular weight is 296 g/mol. The number of ketones is 1. The Morgan fingerprint density at radius 1 is 0.955 bits per heavy atom. The van der Waals surface area contributed by atoms with Gasteiger partial charge in [0.15, 0.2) is 5.60 Å². The highest BCUT2D eigenvalue weighted by atomic mass is 16.6. The quantitative estimate of drug-likeness (QED) is 0.643. The Bertz CT molecular complexity index is 648. The van der Waals surface area contributed by atoms with Crippen LogP contribution in [-0.4, -0.2) is 18.4 Å². The van der Waals surface area contributed by atoms with E-state index in [1.807, 2.05) is 60.7 Å². The second kappa shape index (κ2) is 6.02. The SMILES string of the molecule is O=C1CC(=O)OC(COc2ccccc2)(c2ccccc2)C1. The van der Waals surface area contributed by atoms with Crippen LogP contribution in [0.1, 0.15) is 18.4 Å². The molecule has 0 bridgehead atoms. The van der Waals surface area contributed by atoms with Crippen molar-refractivity contribution in [2.24, 2.45) is 0 Å². The molecular formula is C18H16O4. The van der Waals surface area contributed by atoms with Gasteiger partial charge in [-0.1, -0.05) is 48.5 Å². The minimum absolute atomic E-state index is 0.110. The number of carbonyl (C=O) groups is 2. The molecule has 2 aromatic rings. The van der Waals surface area contributed by atoms with Crippen LogP contribution in [0.25, 0.3) is 0 Å². The molecule has 1 atom stereocenters. The van der Waals surface area contributed by atoms with Gasteiger partial charge >= 0.3 is 5.97 Å². The van der Waals surface area contributed by atoms with Crippen LogP contribution in [0, 0.1) is 0 Å². The largest absolute Gasteiger partial charge is 0.489 e. The number of para-hydroxylation sites is 1. The molecule has 1 unspecified atom stereocenters. The standard InChI is InChI=1S/C18H16O4/c19-15-11-17(20)22-18(12-15,14-7-3-1-4-8-14)13-21-16-9-5-2-6-10-16/h1-10H,11-13H2. The van der Waals surface area contributed by atoms with E-state index in [1.165, 1.54) is 0 Å². The maximum Gasteiger partial charge on any atom is 0.314 e. The molecule has 0 amide bonds. The third kappa shape index (κ3) is 3.01.